The van der Waals surface area contributed by atoms with Gasteiger partial charge >= 0.3 is 6.03 Å². The summed E-state index contributed by atoms with van der Waals surface area (Å²) in [7, 11) is 0. The van der Waals surface area contributed by atoms with Crippen LogP contribution in [0, 0.1) is 0 Å². The zero-order valence-corrected chi connectivity index (χ0v) is 15.4. The van der Waals surface area contributed by atoms with E-state index in [1.807, 2.05) is 78.9 Å². The van der Waals surface area contributed by atoms with Gasteiger partial charge in [0.05, 0.1) is 0 Å². The van der Waals surface area contributed by atoms with Gasteiger partial charge in [0, 0.05) is 29.2 Å². The number of amides is 3. The summed E-state index contributed by atoms with van der Waals surface area (Å²) in [6.45, 7) is 0.667. The molecule has 3 aromatic rings. The maximum Gasteiger partial charge on any atom is 0.323 e. The van der Waals surface area contributed by atoms with Crippen LogP contribution in [0.3, 0.4) is 0 Å². The van der Waals surface area contributed by atoms with Crippen LogP contribution in [0.5, 0.6) is 0 Å². The van der Waals surface area contributed by atoms with Crippen molar-refractivity contribution in [2.45, 2.75) is 12.8 Å². The van der Waals surface area contributed by atoms with E-state index in [4.69, 9.17) is 0 Å². The van der Waals surface area contributed by atoms with Crippen molar-refractivity contribution in [3.05, 3.63) is 90.0 Å². The van der Waals surface area contributed by atoms with Gasteiger partial charge in [-0.05, 0) is 54.8 Å². The molecule has 0 spiro atoms. The third kappa shape index (κ3) is 3.88. The molecule has 3 aromatic carbocycles. The summed E-state index contributed by atoms with van der Waals surface area (Å²) in [5, 5.41) is 5.65. The Labute approximate surface area is 164 Å². The standard InChI is InChI=1S/C23H21N3O2/c27-22(18-8-3-1-4-9-18)26-15-7-10-17-13-14-20(16-21(17)26)25-23(28)24-19-11-5-2-6-12-19/h1-6,8-9,11-14,16H,7,10,15H2,(H2,24,25,28). The van der Waals surface area contributed by atoms with Gasteiger partial charge in [0.1, 0.15) is 0 Å². The lowest BCUT2D eigenvalue weighted by molar-refractivity contribution is 0.0985. The molecule has 0 saturated carbocycles. The van der Waals surface area contributed by atoms with Crippen LogP contribution < -0.4 is 15.5 Å². The molecule has 0 atom stereocenters. The number of benzene rings is 3. The maximum absolute atomic E-state index is 13.0. The Hall–Kier alpha value is -3.60. The van der Waals surface area contributed by atoms with Crippen molar-refractivity contribution < 1.29 is 9.59 Å². The van der Waals surface area contributed by atoms with Crippen molar-refractivity contribution in [1.82, 2.24) is 0 Å². The summed E-state index contributed by atoms with van der Waals surface area (Å²) in [5.74, 6) is -0.0209. The second-order valence-electron chi connectivity index (χ2n) is 6.72. The number of nitrogens with zero attached hydrogens (tertiary/aromatic N) is 1. The fourth-order valence-electron chi connectivity index (χ4n) is 3.41. The quantitative estimate of drug-likeness (QED) is 0.686. The summed E-state index contributed by atoms with van der Waals surface area (Å²) in [6.07, 6.45) is 1.84. The highest BCUT2D eigenvalue weighted by Gasteiger charge is 2.24. The van der Waals surface area contributed by atoms with Crippen molar-refractivity contribution in [2.24, 2.45) is 0 Å². The van der Waals surface area contributed by atoms with Gasteiger partial charge in [-0.2, -0.15) is 0 Å². The van der Waals surface area contributed by atoms with E-state index in [0.29, 0.717) is 17.8 Å². The molecule has 0 unspecified atom stereocenters. The lowest BCUT2D eigenvalue weighted by Crippen LogP contribution is -2.35. The second-order valence-corrected chi connectivity index (χ2v) is 6.72. The molecule has 2 N–H and O–H groups in total. The Balaban J connectivity index is 1.54. The average molecular weight is 371 g/mol. The van der Waals surface area contributed by atoms with E-state index in [2.05, 4.69) is 10.6 Å². The van der Waals surface area contributed by atoms with Crippen molar-refractivity contribution >= 4 is 29.0 Å². The van der Waals surface area contributed by atoms with Crippen molar-refractivity contribution in [3.8, 4) is 0 Å². The first-order valence-electron chi connectivity index (χ1n) is 9.33. The largest absolute Gasteiger partial charge is 0.323 e. The summed E-state index contributed by atoms with van der Waals surface area (Å²) in [4.78, 5) is 27.0. The normalized spacial score (nSPS) is 12.8. The van der Waals surface area contributed by atoms with E-state index in [-0.39, 0.29) is 11.9 Å². The zero-order valence-electron chi connectivity index (χ0n) is 15.4. The molecule has 3 amide bonds. The van der Waals surface area contributed by atoms with Crippen LogP contribution in [-0.4, -0.2) is 18.5 Å². The molecule has 0 fully saturated rings. The highest BCUT2D eigenvalue weighted by Crippen LogP contribution is 2.31. The number of hydrogen-bond acceptors (Lipinski definition) is 2. The van der Waals surface area contributed by atoms with Gasteiger partial charge in [-0.25, -0.2) is 4.79 Å². The Morgan fingerprint density at radius 2 is 1.46 bits per heavy atom. The van der Waals surface area contributed by atoms with E-state index < -0.39 is 0 Å². The van der Waals surface area contributed by atoms with Crippen LogP contribution >= 0.6 is 0 Å². The number of hydrogen-bond donors (Lipinski definition) is 2. The van der Waals surface area contributed by atoms with Crippen molar-refractivity contribution in [1.29, 1.82) is 0 Å². The SMILES string of the molecule is O=C(Nc1ccccc1)Nc1ccc2c(c1)N(C(=O)c1ccccc1)CCC2. The molecule has 1 heterocycles. The molecule has 0 bridgehead atoms. The number of carbonyl (C=O) groups excluding carboxylic acids is 2. The first-order valence-corrected chi connectivity index (χ1v) is 9.33. The average Bonchev–Trinajstić information content (AvgIpc) is 2.74. The van der Waals surface area contributed by atoms with Gasteiger partial charge in [-0.15, -0.1) is 0 Å². The first kappa shape index (κ1) is 17.8. The Kier molecular flexibility index (Phi) is 5.06. The lowest BCUT2D eigenvalue weighted by Gasteiger charge is -2.30. The van der Waals surface area contributed by atoms with Gasteiger partial charge in [0.25, 0.3) is 5.91 Å². The maximum atomic E-state index is 13.0. The van der Waals surface area contributed by atoms with E-state index in [1.165, 1.54) is 0 Å². The van der Waals surface area contributed by atoms with Crippen LogP contribution in [0.25, 0.3) is 0 Å². The number of carbonyl (C=O) groups is 2. The Morgan fingerprint density at radius 3 is 2.21 bits per heavy atom. The monoisotopic (exact) mass is 371 g/mol. The molecular formula is C23H21N3O2. The fraction of sp³-hybridized carbons (Fsp3) is 0.130. The molecule has 1 aliphatic rings. The molecule has 0 aliphatic carbocycles. The third-order valence-electron chi connectivity index (χ3n) is 4.76. The van der Waals surface area contributed by atoms with Crippen molar-refractivity contribution in [2.75, 3.05) is 22.1 Å². The predicted octanol–water partition coefficient (Wildman–Crippen LogP) is 4.92. The highest BCUT2D eigenvalue weighted by atomic mass is 16.2. The molecule has 4 rings (SSSR count). The number of para-hydroxylation sites is 1. The van der Waals surface area contributed by atoms with Gasteiger partial charge in [0.2, 0.25) is 0 Å². The minimum Gasteiger partial charge on any atom is -0.308 e. The molecule has 0 aromatic heterocycles. The fourth-order valence-corrected chi connectivity index (χ4v) is 3.41. The second kappa shape index (κ2) is 7.96. The summed E-state index contributed by atoms with van der Waals surface area (Å²) >= 11 is 0. The number of nitrogens with one attached hydrogen (secondary N) is 2. The van der Waals surface area contributed by atoms with Crippen LogP contribution in [-0.2, 0) is 6.42 Å². The number of anilines is 3. The van der Waals surface area contributed by atoms with Crippen LogP contribution in [0.15, 0.2) is 78.9 Å². The summed E-state index contributed by atoms with van der Waals surface area (Å²) in [5.41, 5.74) is 4.01. The molecule has 5 heteroatoms. The number of rotatable bonds is 3. The molecule has 0 radical (unpaired) electrons. The molecular weight excluding hydrogens is 350 g/mol. The summed E-state index contributed by atoms with van der Waals surface area (Å²) in [6, 6.07) is 24.0. The minimum absolute atomic E-state index is 0.0209. The number of urea groups is 1. The molecule has 1 aliphatic heterocycles. The minimum atomic E-state index is -0.317. The van der Waals surface area contributed by atoms with E-state index in [1.54, 1.807) is 4.90 Å². The van der Waals surface area contributed by atoms with E-state index in [0.717, 1.165) is 29.8 Å². The Morgan fingerprint density at radius 1 is 0.786 bits per heavy atom. The number of aryl methyl sites for hydroxylation is 1. The molecule has 140 valence electrons. The molecule has 28 heavy (non-hydrogen) atoms. The summed E-state index contributed by atoms with van der Waals surface area (Å²) < 4.78 is 0. The van der Waals surface area contributed by atoms with Gasteiger partial charge in [-0.3, -0.25) is 4.79 Å². The van der Waals surface area contributed by atoms with Crippen LogP contribution in [0.4, 0.5) is 21.9 Å². The third-order valence-corrected chi connectivity index (χ3v) is 4.76. The van der Waals surface area contributed by atoms with Crippen LogP contribution in [0.1, 0.15) is 22.3 Å². The first-order chi connectivity index (χ1) is 13.7. The van der Waals surface area contributed by atoms with E-state index >= 15 is 0 Å². The Bertz CT molecular complexity index is 987. The number of fused-ring (bicyclic) bond motifs is 1. The van der Waals surface area contributed by atoms with E-state index in [9.17, 15) is 9.59 Å². The topological polar surface area (TPSA) is 61.4 Å². The van der Waals surface area contributed by atoms with Gasteiger partial charge < -0.3 is 15.5 Å². The lowest BCUT2D eigenvalue weighted by atomic mass is 10.00. The van der Waals surface area contributed by atoms with Crippen molar-refractivity contribution in [3.63, 3.8) is 0 Å². The molecule has 0 saturated heterocycles. The molecule has 5 nitrogen and oxygen atoms in total. The van der Waals surface area contributed by atoms with Crippen LogP contribution in [0.2, 0.25) is 0 Å². The predicted molar refractivity (Wildman–Crippen MR) is 112 cm³/mol. The smallest absolute Gasteiger partial charge is 0.308 e. The zero-order chi connectivity index (χ0) is 19.3. The van der Waals surface area contributed by atoms with Gasteiger partial charge in [-0.1, -0.05) is 42.5 Å². The highest BCUT2D eigenvalue weighted by molar-refractivity contribution is 6.07. The van der Waals surface area contributed by atoms with Gasteiger partial charge in [0.15, 0.2) is 0 Å².